The van der Waals surface area contributed by atoms with Crippen molar-refractivity contribution < 1.29 is 32.1 Å². The van der Waals surface area contributed by atoms with Crippen LogP contribution in [0, 0.1) is 24.2 Å². The number of hydrogen-bond donors (Lipinski definition) is 3. The molecule has 14 nitrogen and oxygen atoms in total. The van der Waals surface area contributed by atoms with Gasteiger partial charge in [-0.15, -0.1) is 0 Å². The van der Waals surface area contributed by atoms with E-state index in [4.69, 9.17) is 26.2 Å². The van der Waals surface area contributed by atoms with Gasteiger partial charge in [0.2, 0.25) is 10.0 Å². The maximum Gasteiger partial charge on any atom is 0.469 e. The van der Waals surface area contributed by atoms with Crippen molar-refractivity contribution in [2.45, 2.75) is 38.3 Å². The fraction of sp³-hybridized carbons (Fsp3) is 0.440. The highest BCUT2D eigenvalue weighted by atomic mass is 35.5. The van der Waals surface area contributed by atoms with Crippen LogP contribution in [0.25, 0.3) is 5.65 Å². The Balaban J connectivity index is 1.45. The SMILES string of the molecule is Cc1cn2nc([C@@H]3CCCCN3C(=O)c3cc(Cl)ccc3NS(C)(=O)=O)cc2nc1N1CC(C#N)[C@@H](OP(=O)(O)O)C1. The van der Waals surface area contributed by atoms with E-state index in [1.165, 1.54) is 18.2 Å². The predicted molar refractivity (Wildman–Crippen MR) is 154 cm³/mol. The van der Waals surface area contributed by atoms with Crippen molar-refractivity contribution in [1.82, 2.24) is 19.5 Å². The molecule has 0 saturated carbocycles. The largest absolute Gasteiger partial charge is 0.469 e. The molecule has 2 aromatic heterocycles. The molecule has 3 N–H and O–H groups in total. The number of phosphoric ester groups is 1. The lowest BCUT2D eigenvalue weighted by atomic mass is 9.98. The zero-order valence-corrected chi connectivity index (χ0v) is 25.2. The highest BCUT2D eigenvalue weighted by Crippen LogP contribution is 2.42. The summed E-state index contributed by atoms with van der Waals surface area (Å²) >= 11 is 6.18. The van der Waals surface area contributed by atoms with E-state index in [-0.39, 0.29) is 30.2 Å². The number of nitrogens with one attached hydrogen (secondary N) is 1. The number of nitrogens with zero attached hydrogens (tertiary/aromatic N) is 6. The van der Waals surface area contributed by atoms with Crippen LogP contribution in [0.4, 0.5) is 11.5 Å². The number of carbonyl (C=O) groups excluding carboxylic acids is 1. The molecule has 5 rings (SSSR count). The first-order valence-corrected chi connectivity index (χ1v) is 16.9. The number of piperidine rings is 1. The molecular weight excluding hydrogens is 609 g/mol. The Hall–Kier alpha value is -3.25. The first-order chi connectivity index (χ1) is 19.7. The van der Waals surface area contributed by atoms with E-state index in [1.54, 1.807) is 26.6 Å². The van der Waals surface area contributed by atoms with E-state index in [9.17, 15) is 32.8 Å². The van der Waals surface area contributed by atoms with Gasteiger partial charge in [-0.25, -0.2) is 22.5 Å². The molecule has 42 heavy (non-hydrogen) atoms. The third kappa shape index (κ3) is 6.54. The monoisotopic (exact) mass is 637 g/mol. The maximum absolute atomic E-state index is 13.8. The lowest BCUT2D eigenvalue weighted by Crippen LogP contribution is -2.39. The third-order valence-corrected chi connectivity index (χ3v) is 8.61. The Morgan fingerprint density at radius 3 is 2.71 bits per heavy atom. The number of sulfonamides is 1. The topological polar surface area (TPSA) is 190 Å². The summed E-state index contributed by atoms with van der Waals surface area (Å²) in [5.41, 5.74) is 2.07. The molecular formula is C25H29ClN7O7PS. The van der Waals surface area contributed by atoms with Crippen LogP contribution in [0.15, 0.2) is 30.5 Å². The molecule has 0 radical (unpaired) electrons. The highest BCUT2D eigenvalue weighted by molar-refractivity contribution is 7.92. The smallest absolute Gasteiger partial charge is 0.352 e. The first kappa shape index (κ1) is 30.2. The van der Waals surface area contributed by atoms with Crippen LogP contribution in [0.1, 0.15) is 46.9 Å². The van der Waals surface area contributed by atoms with Gasteiger partial charge in [-0.1, -0.05) is 11.6 Å². The Bertz CT molecular complexity index is 1740. The molecule has 2 saturated heterocycles. The number of phosphoric acid groups is 1. The second kappa shape index (κ2) is 11.4. The number of nitriles is 1. The van der Waals surface area contributed by atoms with Gasteiger partial charge in [-0.3, -0.25) is 14.0 Å². The summed E-state index contributed by atoms with van der Waals surface area (Å²) in [6, 6.07) is 7.82. The fourth-order valence-electron chi connectivity index (χ4n) is 5.48. The van der Waals surface area contributed by atoms with E-state index in [1.807, 2.05) is 13.0 Å². The Kier molecular flexibility index (Phi) is 8.23. The summed E-state index contributed by atoms with van der Waals surface area (Å²) in [5.74, 6) is -0.616. The number of benzene rings is 1. The highest BCUT2D eigenvalue weighted by Gasteiger charge is 2.39. The van der Waals surface area contributed by atoms with Gasteiger partial charge in [0.25, 0.3) is 5.91 Å². The molecule has 1 aromatic carbocycles. The van der Waals surface area contributed by atoms with Gasteiger partial charge in [-0.2, -0.15) is 10.4 Å². The summed E-state index contributed by atoms with van der Waals surface area (Å²) in [5, 5.41) is 14.5. The summed E-state index contributed by atoms with van der Waals surface area (Å²) in [6.45, 7) is 2.50. The van der Waals surface area contributed by atoms with Crippen LogP contribution < -0.4 is 9.62 Å². The molecule has 1 unspecified atom stereocenters. The van der Waals surface area contributed by atoms with Crippen molar-refractivity contribution in [2.24, 2.45) is 5.92 Å². The van der Waals surface area contributed by atoms with Gasteiger partial charge in [0.05, 0.1) is 41.2 Å². The summed E-state index contributed by atoms with van der Waals surface area (Å²) in [4.78, 5) is 40.5. The van der Waals surface area contributed by atoms with Gasteiger partial charge < -0.3 is 19.6 Å². The number of aromatic nitrogens is 3. The Morgan fingerprint density at radius 2 is 2.02 bits per heavy atom. The zero-order valence-electron chi connectivity index (χ0n) is 22.7. The molecule has 224 valence electrons. The van der Waals surface area contributed by atoms with E-state index in [0.29, 0.717) is 35.1 Å². The van der Waals surface area contributed by atoms with Crippen LogP contribution >= 0.6 is 19.4 Å². The first-order valence-electron chi connectivity index (χ1n) is 13.1. The van der Waals surface area contributed by atoms with Crippen molar-refractivity contribution in [3.8, 4) is 6.07 Å². The number of carbonyl (C=O) groups is 1. The number of hydrogen-bond acceptors (Lipinski definition) is 9. The minimum Gasteiger partial charge on any atom is -0.352 e. The van der Waals surface area contributed by atoms with Crippen LogP contribution in [-0.4, -0.2) is 75.6 Å². The van der Waals surface area contributed by atoms with E-state index < -0.39 is 35.9 Å². The number of anilines is 2. The minimum atomic E-state index is -4.79. The van der Waals surface area contributed by atoms with Gasteiger partial charge in [0.1, 0.15) is 11.9 Å². The summed E-state index contributed by atoms with van der Waals surface area (Å²) in [6.07, 6.45) is 4.04. The average molecular weight is 638 g/mol. The molecule has 17 heteroatoms. The van der Waals surface area contributed by atoms with Gasteiger partial charge in [0.15, 0.2) is 5.65 Å². The van der Waals surface area contributed by atoms with Crippen molar-refractivity contribution in [3.05, 3.63) is 52.3 Å². The number of amides is 1. The second-order valence-electron chi connectivity index (χ2n) is 10.5. The molecule has 1 amide bonds. The molecule has 3 aromatic rings. The zero-order chi connectivity index (χ0) is 30.4. The van der Waals surface area contributed by atoms with Gasteiger partial charge >= 0.3 is 7.82 Å². The average Bonchev–Trinajstić information content (AvgIpc) is 3.50. The maximum atomic E-state index is 13.8. The van der Waals surface area contributed by atoms with Gasteiger partial charge in [0, 0.05) is 42.5 Å². The lowest BCUT2D eigenvalue weighted by molar-refractivity contribution is 0.0606. The molecule has 0 aliphatic carbocycles. The molecule has 0 spiro atoms. The Morgan fingerprint density at radius 1 is 1.26 bits per heavy atom. The van der Waals surface area contributed by atoms with Crippen LogP contribution in [0.2, 0.25) is 5.02 Å². The quantitative estimate of drug-likeness (QED) is 0.323. The van der Waals surface area contributed by atoms with Crippen molar-refractivity contribution in [2.75, 3.05) is 35.5 Å². The molecule has 3 atom stereocenters. The van der Waals surface area contributed by atoms with Crippen LogP contribution in [0.3, 0.4) is 0 Å². The van der Waals surface area contributed by atoms with Crippen molar-refractivity contribution in [3.63, 3.8) is 0 Å². The molecule has 2 aliphatic rings. The normalized spacial score (nSPS) is 21.5. The lowest BCUT2D eigenvalue weighted by Gasteiger charge is -2.35. The van der Waals surface area contributed by atoms with Crippen LogP contribution in [-0.2, 0) is 19.1 Å². The van der Waals surface area contributed by atoms with E-state index in [0.717, 1.165) is 24.7 Å². The number of aryl methyl sites for hydroxylation is 1. The summed E-state index contributed by atoms with van der Waals surface area (Å²) in [7, 11) is -8.43. The standard InChI is InChI=1S/C25H29ClN7O7PS/c1-15-12-33-23(28-24(15)31-13-16(11-27)22(14-31)40-41(35,36)37)10-20(29-33)21-5-3-4-8-32(21)25(34)18-9-17(26)6-7-19(18)30-42(2,38)39/h6-7,9-10,12,16,21-22,30H,3-5,8,13-14H2,1-2H3,(H2,35,36,37)/t16?,21-,22-/m0/s1. The number of likely N-dealkylation sites (tertiary alicyclic amines) is 1. The fourth-order valence-corrected chi connectivity index (χ4v) is 6.79. The summed E-state index contributed by atoms with van der Waals surface area (Å²) < 4.78 is 44.1. The van der Waals surface area contributed by atoms with Gasteiger partial charge in [-0.05, 0) is 44.4 Å². The predicted octanol–water partition coefficient (Wildman–Crippen LogP) is 2.87. The number of rotatable bonds is 7. The number of fused-ring (bicyclic) bond motifs is 1. The minimum absolute atomic E-state index is 0.0722. The molecule has 4 heterocycles. The molecule has 2 aliphatic heterocycles. The van der Waals surface area contributed by atoms with E-state index >= 15 is 0 Å². The number of halogens is 1. The van der Waals surface area contributed by atoms with Crippen molar-refractivity contribution >= 4 is 52.5 Å². The second-order valence-corrected chi connectivity index (χ2v) is 13.8. The van der Waals surface area contributed by atoms with Crippen molar-refractivity contribution in [1.29, 1.82) is 5.26 Å². The molecule has 2 fully saturated rings. The van der Waals surface area contributed by atoms with Crippen LogP contribution in [0.5, 0.6) is 0 Å². The third-order valence-electron chi connectivity index (χ3n) is 7.24. The molecule has 0 bridgehead atoms. The Labute approximate surface area is 247 Å². The van der Waals surface area contributed by atoms with E-state index in [2.05, 4.69) is 4.72 Å².